The van der Waals surface area contributed by atoms with Gasteiger partial charge >= 0.3 is 0 Å². The third-order valence-electron chi connectivity index (χ3n) is 7.55. The fourth-order valence-corrected chi connectivity index (χ4v) is 7.97. The van der Waals surface area contributed by atoms with Gasteiger partial charge in [-0.25, -0.2) is 8.42 Å². The molecule has 0 radical (unpaired) electrons. The molecule has 3 aromatic rings. The van der Waals surface area contributed by atoms with Gasteiger partial charge in [0.2, 0.25) is 5.91 Å². The summed E-state index contributed by atoms with van der Waals surface area (Å²) < 4.78 is 28.5. The van der Waals surface area contributed by atoms with Crippen molar-refractivity contribution < 1.29 is 18.1 Å². The number of carbonyl (C=O) groups is 1. The number of anilines is 2. The van der Waals surface area contributed by atoms with Crippen LogP contribution in [0.15, 0.2) is 65.6 Å². The Bertz CT molecular complexity index is 1480. The number of carbonyl (C=O) groups excluding carboxylic acids is 1. The number of piperidine rings is 1. The zero-order chi connectivity index (χ0) is 29.0. The van der Waals surface area contributed by atoms with E-state index >= 15 is 0 Å². The van der Waals surface area contributed by atoms with Crippen molar-refractivity contribution in [1.29, 1.82) is 0 Å². The molecule has 0 atom stereocenters. The second kappa shape index (κ2) is 12.7. The molecule has 0 aliphatic carbocycles. The average Bonchev–Trinajstić information content (AvgIpc) is 3.45. The molecule has 11 nitrogen and oxygen atoms in total. The van der Waals surface area contributed by atoms with Crippen LogP contribution in [0.2, 0.25) is 0 Å². The summed E-state index contributed by atoms with van der Waals surface area (Å²) in [6.07, 6.45) is 1.00. The standard InChI is InChI=1S/C28H34N6O5S2/c1-31-16-18-32(19-17-31)22-8-6-21(7-9-22)25-10-11-28(40-25)30-27(35)20-33(23-12-14-29-15-13-23)41(38,39)26-5-3-2-4-24(26)34(36)37/h2-11,23,29H,12-20H2,1H3,(H,30,35). The highest BCUT2D eigenvalue weighted by Gasteiger charge is 2.37. The lowest BCUT2D eigenvalue weighted by molar-refractivity contribution is -0.387. The molecule has 0 unspecified atom stereocenters. The largest absolute Gasteiger partial charge is 0.369 e. The number of nitrogens with zero attached hydrogens (tertiary/aromatic N) is 4. The molecule has 2 aliphatic heterocycles. The van der Waals surface area contributed by atoms with Crippen LogP contribution in [-0.2, 0) is 14.8 Å². The molecule has 2 aliphatic rings. The lowest BCUT2D eigenvalue weighted by Crippen LogP contribution is -2.49. The van der Waals surface area contributed by atoms with Crippen molar-refractivity contribution in [2.75, 3.05) is 63.1 Å². The fourth-order valence-electron chi connectivity index (χ4n) is 5.24. The van der Waals surface area contributed by atoms with Crippen LogP contribution in [0.1, 0.15) is 12.8 Å². The molecule has 13 heteroatoms. The summed E-state index contributed by atoms with van der Waals surface area (Å²) in [4.78, 5) is 29.3. The molecule has 2 aromatic carbocycles. The second-order valence-electron chi connectivity index (χ2n) is 10.3. The zero-order valence-electron chi connectivity index (χ0n) is 22.9. The third kappa shape index (κ3) is 6.76. The highest BCUT2D eigenvalue weighted by molar-refractivity contribution is 7.89. The van der Waals surface area contributed by atoms with Gasteiger partial charge in [0.15, 0.2) is 4.90 Å². The lowest BCUT2D eigenvalue weighted by Gasteiger charge is -2.34. The average molecular weight is 599 g/mol. The van der Waals surface area contributed by atoms with Crippen LogP contribution in [0, 0.1) is 10.1 Å². The molecule has 41 heavy (non-hydrogen) atoms. The molecule has 0 saturated carbocycles. The minimum Gasteiger partial charge on any atom is -0.369 e. The van der Waals surface area contributed by atoms with Crippen LogP contribution in [0.5, 0.6) is 0 Å². The Morgan fingerprint density at radius 3 is 2.41 bits per heavy atom. The molecule has 5 rings (SSSR count). The van der Waals surface area contributed by atoms with Crippen LogP contribution >= 0.6 is 11.3 Å². The van der Waals surface area contributed by atoms with E-state index in [2.05, 4.69) is 51.7 Å². The Balaban J connectivity index is 1.30. The Hall–Kier alpha value is -3.36. The van der Waals surface area contributed by atoms with Crippen molar-refractivity contribution in [1.82, 2.24) is 14.5 Å². The van der Waals surface area contributed by atoms with Crippen LogP contribution < -0.4 is 15.5 Å². The molecule has 0 spiro atoms. The van der Waals surface area contributed by atoms with Crippen molar-refractivity contribution >= 4 is 43.6 Å². The summed E-state index contributed by atoms with van der Waals surface area (Å²) in [5, 5.41) is 18.2. The van der Waals surface area contributed by atoms with Crippen LogP contribution in [-0.4, -0.2) is 87.4 Å². The molecule has 2 fully saturated rings. The monoisotopic (exact) mass is 598 g/mol. The molecule has 3 heterocycles. The number of para-hydroxylation sites is 1. The Morgan fingerprint density at radius 2 is 1.73 bits per heavy atom. The van der Waals surface area contributed by atoms with E-state index in [0.717, 1.165) is 40.9 Å². The third-order valence-corrected chi connectivity index (χ3v) is 10.5. The number of nitrogens with one attached hydrogen (secondary N) is 2. The Morgan fingerprint density at radius 1 is 1.05 bits per heavy atom. The summed E-state index contributed by atoms with van der Waals surface area (Å²) in [5.74, 6) is -0.496. The number of sulfonamides is 1. The van der Waals surface area contributed by atoms with E-state index in [1.54, 1.807) is 6.07 Å². The molecule has 1 aromatic heterocycles. The summed E-state index contributed by atoms with van der Waals surface area (Å²) in [6.45, 7) is 4.81. The minimum absolute atomic E-state index is 0.408. The lowest BCUT2D eigenvalue weighted by atomic mass is 10.1. The number of amides is 1. The summed E-state index contributed by atoms with van der Waals surface area (Å²) in [6, 6.07) is 16.9. The number of piperazine rings is 1. The number of nitro benzene ring substituents is 1. The normalized spacial score (nSPS) is 17.1. The zero-order valence-corrected chi connectivity index (χ0v) is 24.5. The fraction of sp³-hybridized carbons (Fsp3) is 0.393. The first-order chi connectivity index (χ1) is 19.7. The first-order valence-electron chi connectivity index (χ1n) is 13.6. The topological polar surface area (TPSA) is 128 Å². The number of rotatable bonds is 9. The molecule has 218 valence electrons. The summed E-state index contributed by atoms with van der Waals surface area (Å²) in [7, 11) is -2.19. The Kier molecular flexibility index (Phi) is 9.00. The minimum atomic E-state index is -4.32. The second-order valence-corrected chi connectivity index (χ2v) is 13.2. The van der Waals surface area contributed by atoms with Gasteiger partial charge in [-0.05, 0) is 68.9 Å². The molecular formula is C28H34N6O5S2. The van der Waals surface area contributed by atoms with E-state index in [9.17, 15) is 23.3 Å². The predicted molar refractivity (Wildman–Crippen MR) is 161 cm³/mol. The molecular weight excluding hydrogens is 564 g/mol. The smallest absolute Gasteiger partial charge is 0.289 e. The number of hydrogen-bond donors (Lipinski definition) is 2. The molecule has 1 amide bonds. The van der Waals surface area contributed by atoms with Crippen molar-refractivity contribution in [3.63, 3.8) is 0 Å². The molecule has 2 N–H and O–H groups in total. The number of likely N-dealkylation sites (N-methyl/N-ethyl adjacent to an activating group) is 1. The van der Waals surface area contributed by atoms with Gasteiger partial charge in [0, 0.05) is 48.9 Å². The first-order valence-corrected chi connectivity index (χ1v) is 15.9. The number of nitro groups is 1. The number of benzene rings is 2. The molecule has 2 saturated heterocycles. The van der Waals surface area contributed by atoms with Gasteiger partial charge in [-0.1, -0.05) is 24.3 Å². The van der Waals surface area contributed by atoms with Gasteiger partial charge < -0.3 is 20.4 Å². The Labute approximate surface area is 244 Å². The summed E-state index contributed by atoms with van der Waals surface area (Å²) >= 11 is 1.41. The van der Waals surface area contributed by atoms with E-state index in [4.69, 9.17) is 0 Å². The van der Waals surface area contributed by atoms with Gasteiger partial charge in [0.25, 0.3) is 15.7 Å². The van der Waals surface area contributed by atoms with Gasteiger partial charge in [-0.3, -0.25) is 14.9 Å². The van der Waals surface area contributed by atoms with Crippen molar-refractivity contribution in [2.24, 2.45) is 0 Å². The van der Waals surface area contributed by atoms with E-state index in [-0.39, 0.29) is 0 Å². The predicted octanol–water partition coefficient (Wildman–Crippen LogP) is 3.46. The number of thiophene rings is 1. The highest BCUT2D eigenvalue weighted by atomic mass is 32.2. The van der Waals surface area contributed by atoms with Crippen molar-refractivity contribution in [2.45, 2.75) is 23.8 Å². The van der Waals surface area contributed by atoms with E-state index < -0.39 is 44.0 Å². The van der Waals surface area contributed by atoms with E-state index in [0.29, 0.717) is 30.9 Å². The van der Waals surface area contributed by atoms with E-state index in [1.165, 1.54) is 41.3 Å². The van der Waals surface area contributed by atoms with Gasteiger partial charge in [-0.2, -0.15) is 4.31 Å². The van der Waals surface area contributed by atoms with Crippen LogP contribution in [0.3, 0.4) is 0 Å². The highest BCUT2D eigenvalue weighted by Crippen LogP contribution is 2.33. The maximum absolute atomic E-state index is 13.7. The van der Waals surface area contributed by atoms with Crippen LogP contribution in [0.25, 0.3) is 10.4 Å². The quantitative estimate of drug-likeness (QED) is 0.283. The van der Waals surface area contributed by atoms with Gasteiger partial charge in [0.05, 0.1) is 16.5 Å². The van der Waals surface area contributed by atoms with Crippen molar-refractivity contribution in [3.05, 3.63) is 70.8 Å². The van der Waals surface area contributed by atoms with Crippen molar-refractivity contribution in [3.8, 4) is 10.4 Å². The molecule has 0 bridgehead atoms. The van der Waals surface area contributed by atoms with E-state index in [1.807, 2.05) is 6.07 Å². The van der Waals surface area contributed by atoms with Crippen LogP contribution in [0.4, 0.5) is 16.4 Å². The van der Waals surface area contributed by atoms with Gasteiger partial charge in [0.1, 0.15) is 0 Å². The maximum Gasteiger partial charge on any atom is 0.289 e. The first kappa shape index (κ1) is 29.1. The SMILES string of the molecule is CN1CCN(c2ccc(-c3ccc(NC(=O)CN(C4CCNCC4)S(=O)(=O)c4ccccc4[N+](=O)[O-])s3)cc2)CC1. The maximum atomic E-state index is 13.7. The van der Waals surface area contributed by atoms with Gasteiger partial charge in [-0.15, -0.1) is 11.3 Å². The summed E-state index contributed by atoms with van der Waals surface area (Å²) in [5.41, 5.74) is 1.71. The number of hydrogen-bond acceptors (Lipinski definition) is 9.